The van der Waals surface area contributed by atoms with Crippen molar-refractivity contribution in [3.8, 4) is 0 Å². The summed E-state index contributed by atoms with van der Waals surface area (Å²) in [6.07, 6.45) is 5.25. The van der Waals surface area contributed by atoms with Crippen LogP contribution in [0.2, 0.25) is 5.02 Å². The van der Waals surface area contributed by atoms with Gasteiger partial charge in [-0.1, -0.05) is 88.9 Å². The Hall–Kier alpha value is -2.88. The van der Waals surface area contributed by atoms with Crippen molar-refractivity contribution in [3.63, 3.8) is 0 Å². The second-order valence-corrected chi connectivity index (χ2v) is 13.4. The number of halogens is 2. The maximum Gasteiger partial charge on any atom is 0.244 e. The van der Waals surface area contributed by atoms with Crippen molar-refractivity contribution in [3.05, 3.63) is 99.5 Å². The molecule has 0 aliphatic heterocycles. The Morgan fingerprint density at radius 3 is 2.30 bits per heavy atom. The fraction of sp³-hybridized carbons (Fsp3) is 0.333. The zero-order valence-corrected chi connectivity index (χ0v) is 25.5. The van der Waals surface area contributed by atoms with Crippen molar-refractivity contribution >= 4 is 55.1 Å². The third-order valence-electron chi connectivity index (χ3n) is 6.99. The van der Waals surface area contributed by atoms with Gasteiger partial charge in [-0.05, 0) is 54.3 Å². The van der Waals surface area contributed by atoms with E-state index in [4.69, 9.17) is 11.6 Å². The molecule has 10 heteroatoms. The van der Waals surface area contributed by atoms with E-state index in [9.17, 15) is 18.0 Å². The number of rotatable bonds is 11. The molecule has 2 amide bonds. The second kappa shape index (κ2) is 13.7. The summed E-state index contributed by atoms with van der Waals surface area (Å²) in [6.45, 7) is -0.372. The van der Waals surface area contributed by atoms with E-state index >= 15 is 0 Å². The Kier molecular flexibility index (Phi) is 10.3. The molecule has 0 bridgehead atoms. The number of carbonyl (C=O) groups excluding carboxylic acids is 2. The van der Waals surface area contributed by atoms with Crippen LogP contribution >= 0.6 is 27.5 Å². The number of amides is 2. The van der Waals surface area contributed by atoms with Gasteiger partial charge in [0.2, 0.25) is 21.8 Å². The minimum Gasteiger partial charge on any atom is -0.352 e. The van der Waals surface area contributed by atoms with E-state index in [2.05, 4.69) is 21.2 Å². The largest absolute Gasteiger partial charge is 0.352 e. The molecule has 4 rings (SSSR count). The van der Waals surface area contributed by atoms with Gasteiger partial charge in [0, 0.05) is 28.5 Å². The summed E-state index contributed by atoms with van der Waals surface area (Å²) in [7, 11) is -3.82. The molecule has 212 valence electrons. The predicted molar refractivity (Wildman–Crippen MR) is 163 cm³/mol. The number of hydrogen-bond donors (Lipinski definition) is 1. The summed E-state index contributed by atoms with van der Waals surface area (Å²) in [5.41, 5.74) is 1.98. The Bertz CT molecular complexity index is 1430. The van der Waals surface area contributed by atoms with Gasteiger partial charge in [0.25, 0.3) is 0 Å². The molecule has 1 fully saturated rings. The number of carbonyl (C=O) groups is 2. The summed E-state index contributed by atoms with van der Waals surface area (Å²) < 4.78 is 27.5. The molecule has 0 spiro atoms. The van der Waals surface area contributed by atoms with E-state index in [-0.39, 0.29) is 24.9 Å². The molecule has 3 aromatic rings. The normalized spacial score (nSPS) is 14.5. The first kappa shape index (κ1) is 30.1. The van der Waals surface area contributed by atoms with Gasteiger partial charge >= 0.3 is 0 Å². The zero-order valence-electron chi connectivity index (χ0n) is 22.3. The van der Waals surface area contributed by atoms with Crippen molar-refractivity contribution in [1.82, 2.24) is 10.2 Å². The van der Waals surface area contributed by atoms with E-state index in [0.717, 1.165) is 47.4 Å². The Labute approximate surface area is 249 Å². The summed E-state index contributed by atoms with van der Waals surface area (Å²) in [6, 6.07) is 22.6. The first-order valence-corrected chi connectivity index (χ1v) is 16.2. The standard InChI is InChI=1S/C30H33BrClN3O4S/c1-40(38,39)35(27-16-8-12-24(31)19-27)21-29(36)34(20-23-11-7-13-25(32)17-23)28(18-22-9-3-2-4-10-22)30(37)33-26-14-5-6-15-26/h2-4,7-13,16-17,19,26,28H,5-6,14-15,18,20-21H2,1H3,(H,33,37)/t28-/m0/s1. The molecule has 0 saturated heterocycles. The lowest BCUT2D eigenvalue weighted by Gasteiger charge is -2.34. The van der Waals surface area contributed by atoms with Crippen LogP contribution in [0.1, 0.15) is 36.8 Å². The maximum absolute atomic E-state index is 14.1. The van der Waals surface area contributed by atoms with Gasteiger partial charge in [-0.15, -0.1) is 0 Å². The second-order valence-electron chi connectivity index (χ2n) is 10.1. The number of sulfonamides is 1. The van der Waals surface area contributed by atoms with Crippen molar-refractivity contribution in [2.24, 2.45) is 0 Å². The lowest BCUT2D eigenvalue weighted by atomic mass is 10.0. The number of benzene rings is 3. The van der Waals surface area contributed by atoms with Gasteiger partial charge in [-0.25, -0.2) is 8.42 Å². The van der Waals surface area contributed by atoms with Crippen molar-refractivity contribution in [2.75, 3.05) is 17.1 Å². The molecular formula is C30H33BrClN3O4S. The first-order chi connectivity index (χ1) is 19.1. The molecule has 1 N–H and O–H groups in total. The zero-order chi connectivity index (χ0) is 28.7. The average Bonchev–Trinajstić information content (AvgIpc) is 3.42. The van der Waals surface area contributed by atoms with E-state index in [1.807, 2.05) is 36.4 Å². The van der Waals surface area contributed by atoms with Crippen LogP contribution in [-0.2, 0) is 32.6 Å². The molecule has 0 aromatic heterocycles. The van der Waals surface area contributed by atoms with E-state index in [1.165, 1.54) is 4.90 Å². The third kappa shape index (κ3) is 8.32. The Balaban J connectivity index is 1.72. The molecular weight excluding hydrogens is 614 g/mol. The molecule has 1 atom stereocenters. The number of hydrogen-bond acceptors (Lipinski definition) is 4. The van der Waals surface area contributed by atoms with Crippen LogP contribution in [0.5, 0.6) is 0 Å². The van der Waals surface area contributed by atoms with E-state index in [1.54, 1.807) is 42.5 Å². The molecule has 3 aromatic carbocycles. The number of anilines is 1. The van der Waals surface area contributed by atoms with Gasteiger partial charge in [0.05, 0.1) is 11.9 Å². The van der Waals surface area contributed by atoms with Gasteiger partial charge in [0.15, 0.2) is 0 Å². The highest BCUT2D eigenvalue weighted by Crippen LogP contribution is 2.24. The SMILES string of the molecule is CS(=O)(=O)N(CC(=O)N(Cc1cccc(Cl)c1)[C@@H](Cc1ccccc1)C(=O)NC1CCCC1)c1cccc(Br)c1. The smallest absolute Gasteiger partial charge is 0.244 e. The molecule has 40 heavy (non-hydrogen) atoms. The highest BCUT2D eigenvalue weighted by Gasteiger charge is 2.34. The summed E-state index contributed by atoms with van der Waals surface area (Å²) >= 11 is 9.64. The first-order valence-electron chi connectivity index (χ1n) is 13.2. The fourth-order valence-corrected chi connectivity index (χ4v) is 6.44. The highest BCUT2D eigenvalue weighted by molar-refractivity contribution is 9.10. The van der Waals surface area contributed by atoms with E-state index < -0.39 is 28.5 Å². The van der Waals surface area contributed by atoms with Gasteiger partial charge in [-0.2, -0.15) is 0 Å². The van der Waals surface area contributed by atoms with Crippen LogP contribution < -0.4 is 9.62 Å². The molecule has 1 aliphatic carbocycles. The molecule has 0 heterocycles. The summed E-state index contributed by atoms with van der Waals surface area (Å²) in [5.74, 6) is -0.743. The van der Waals surface area contributed by atoms with Crippen LogP contribution in [0.4, 0.5) is 5.69 Å². The van der Waals surface area contributed by atoms with Crippen molar-refractivity contribution < 1.29 is 18.0 Å². The molecule has 0 radical (unpaired) electrons. The van der Waals surface area contributed by atoms with Crippen molar-refractivity contribution in [1.29, 1.82) is 0 Å². The molecule has 0 unspecified atom stereocenters. The molecule has 7 nitrogen and oxygen atoms in total. The van der Waals surface area contributed by atoms with Gasteiger partial charge in [0.1, 0.15) is 12.6 Å². The Morgan fingerprint density at radius 2 is 1.65 bits per heavy atom. The number of nitrogens with one attached hydrogen (secondary N) is 1. The Morgan fingerprint density at radius 1 is 0.975 bits per heavy atom. The monoisotopic (exact) mass is 645 g/mol. The lowest BCUT2D eigenvalue weighted by Crippen LogP contribution is -2.54. The third-order valence-corrected chi connectivity index (χ3v) is 8.86. The van der Waals surface area contributed by atoms with Gasteiger partial charge in [-0.3, -0.25) is 13.9 Å². The van der Waals surface area contributed by atoms with Crippen LogP contribution in [-0.4, -0.2) is 50.0 Å². The fourth-order valence-electron chi connectivity index (χ4n) is 5.00. The summed E-state index contributed by atoms with van der Waals surface area (Å²) in [4.78, 5) is 29.4. The predicted octanol–water partition coefficient (Wildman–Crippen LogP) is 5.57. The number of nitrogens with zero attached hydrogens (tertiary/aromatic N) is 2. The minimum absolute atomic E-state index is 0.0584. The topological polar surface area (TPSA) is 86.8 Å². The average molecular weight is 647 g/mol. The maximum atomic E-state index is 14.1. The van der Waals surface area contributed by atoms with Crippen LogP contribution in [0, 0.1) is 0 Å². The van der Waals surface area contributed by atoms with Crippen LogP contribution in [0.25, 0.3) is 0 Å². The molecule has 1 saturated carbocycles. The quantitative estimate of drug-likeness (QED) is 0.295. The summed E-state index contributed by atoms with van der Waals surface area (Å²) in [5, 5.41) is 3.66. The highest BCUT2D eigenvalue weighted by atomic mass is 79.9. The van der Waals surface area contributed by atoms with Crippen molar-refractivity contribution in [2.45, 2.75) is 50.7 Å². The molecule has 1 aliphatic rings. The van der Waals surface area contributed by atoms with Crippen LogP contribution in [0.3, 0.4) is 0 Å². The van der Waals surface area contributed by atoms with E-state index in [0.29, 0.717) is 15.2 Å². The van der Waals surface area contributed by atoms with Gasteiger partial charge < -0.3 is 10.2 Å². The lowest BCUT2D eigenvalue weighted by molar-refractivity contribution is -0.140. The van der Waals surface area contributed by atoms with Crippen LogP contribution in [0.15, 0.2) is 83.3 Å². The minimum atomic E-state index is -3.82.